The molecule has 0 amide bonds. The highest BCUT2D eigenvalue weighted by molar-refractivity contribution is 5.74. The van der Waals surface area contributed by atoms with Crippen LogP contribution in [0, 0.1) is 11.3 Å². The summed E-state index contributed by atoms with van der Waals surface area (Å²) >= 11 is 0. The Labute approximate surface area is 85.0 Å². The number of hydrogen-bond donors (Lipinski definition) is 2. The SMILES string of the molecule is CC(C)(CC1CC=CC1)C(N)C(=O)O. The van der Waals surface area contributed by atoms with Crippen LogP contribution in [0.1, 0.15) is 33.1 Å². The van der Waals surface area contributed by atoms with Crippen molar-refractivity contribution in [3.05, 3.63) is 12.2 Å². The molecular weight excluding hydrogens is 178 g/mol. The second-order valence-corrected chi connectivity index (χ2v) is 4.82. The van der Waals surface area contributed by atoms with E-state index in [9.17, 15) is 4.79 Å². The van der Waals surface area contributed by atoms with Crippen molar-refractivity contribution in [1.82, 2.24) is 0 Å². The van der Waals surface area contributed by atoms with E-state index in [1.165, 1.54) is 0 Å². The predicted molar refractivity (Wildman–Crippen MR) is 55.9 cm³/mol. The average Bonchev–Trinajstić information content (AvgIpc) is 2.54. The van der Waals surface area contributed by atoms with Gasteiger partial charge in [0, 0.05) is 0 Å². The number of carboxylic acids is 1. The van der Waals surface area contributed by atoms with Crippen LogP contribution in [0.25, 0.3) is 0 Å². The molecule has 0 aromatic heterocycles. The lowest BCUT2D eigenvalue weighted by Crippen LogP contribution is -2.44. The molecule has 0 aromatic carbocycles. The monoisotopic (exact) mass is 197 g/mol. The van der Waals surface area contributed by atoms with Crippen LogP contribution in [-0.4, -0.2) is 17.1 Å². The lowest BCUT2D eigenvalue weighted by Gasteiger charge is -2.31. The van der Waals surface area contributed by atoms with Gasteiger partial charge in [-0.05, 0) is 30.6 Å². The molecule has 3 N–H and O–H groups in total. The van der Waals surface area contributed by atoms with Crippen molar-refractivity contribution in [2.24, 2.45) is 17.1 Å². The average molecular weight is 197 g/mol. The standard InChI is InChI=1S/C11H19NO2/c1-11(2,9(12)10(13)14)7-8-5-3-4-6-8/h3-4,8-9H,5-7,12H2,1-2H3,(H,13,14). The van der Waals surface area contributed by atoms with Crippen molar-refractivity contribution < 1.29 is 9.90 Å². The summed E-state index contributed by atoms with van der Waals surface area (Å²) in [5, 5.41) is 8.85. The third-order valence-electron chi connectivity index (χ3n) is 3.03. The molecule has 80 valence electrons. The van der Waals surface area contributed by atoms with Gasteiger partial charge in [0.1, 0.15) is 6.04 Å². The molecule has 0 saturated heterocycles. The van der Waals surface area contributed by atoms with Gasteiger partial charge in [0.15, 0.2) is 0 Å². The fourth-order valence-corrected chi connectivity index (χ4v) is 2.05. The zero-order valence-electron chi connectivity index (χ0n) is 8.86. The van der Waals surface area contributed by atoms with Gasteiger partial charge < -0.3 is 10.8 Å². The number of carbonyl (C=O) groups is 1. The number of rotatable bonds is 4. The Morgan fingerprint density at radius 1 is 1.57 bits per heavy atom. The molecular formula is C11H19NO2. The van der Waals surface area contributed by atoms with Crippen molar-refractivity contribution in [1.29, 1.82) is 0 Å². The van der Waals surface area contributed by atoms with E-state index in [4.69, 9.17) is 10.8 Å². The van der Waals surface area contributed by atoms with Gasteiger partial charge in [-0.1, -0.05) is 26.0 Å². The highest BCUT2D eigenvalue weighted by atomic mass is 16.4. The minimum atomic E-state index is -0.902. The maximum absolute atomic E-state index is 10.8. The Hall–Kier alpha value is -0.830. The summed E-state index contributed by atoms with van der Waals surface area (Å²) in [6.45, 7) is 3.87. The Morgan fingerprint density at radius 2 is 2.07 bits per heavy atom. The maximum Gasteiger partial charge on any atom is 0.321 e. The zero-order valence-corrected chi connectivity index (χ0v) is 8.86. The molecule has 0 bridgehead atoms. The quantitative estimate of drug-likeness (QED) is 0.675. The maximum atomic E-state index is 10.8. The number of aliphatic carboxylic acids is 1. The minimum absolute atomic E-state index is 0.317. The Morgan fingerprint density at radius 3 is 2.50 bits per heavy atom. The number of allylic oxidation sites excluding steroid dienone is 2. The first kappa shape index (κ1) is 11.2. The summed E-state index contributed by atoms with van der Waals surface area (Å²) in [6, 6.07) is -0.761. The Kier molecular flexibility index (Phi) is 3.32. The first-order valence-corrected chi connectivity index (χ1v) is 5.07. The Balaban J connectivity index is 2.51. The van der Waals surface area contributed by atoms with E-state index in [2.05, 4.69) is 12.2 Å². The number of hydrogen-bond acceptors (Lipinski definition) is 2. The molecule has 1 atom stereocenters. The summed E-state index contributed by atoms with van der Waals surface area (Å²) in [4.78, 5) is 10.8. The van der Waals surface area contributed by atoms with Crippen LogP contribution >= 0.6 is 0 Å². The van der Waals surface area contributed by atoms with Gasteiger partial charge in [-0.2, -0.15) is 0 Å². The first-order valence-electron chi connectivity index (χ1n) is 5.07. The zero-order chi connectivity index (χ0) is 10.8. The van der Waals surface area contributed by atoms with Crippen molar-refractivity contribution >= 4 is 5.97 Å². The van der Waals surface area contributed by atoms with Gasteiger partial charge in [0.25, 0.3) is 0 Å². The van der Waals surface area contributed by atoms with E-state index in [1.54, 1.807) is 0 Å². The molecule has 0 spiro atoms. The van der Waals surface area contributed by atoms with Gasteiger partial charge >= 0.3 is 5.97 Å². The highest BCUT2D eigenvalue weighted by Gasteiger charge is 2.34. The molecule has 0 aliphatic heterocycles. The van der Waals surface area contributed by atoms with Gasteiger partial charge in [-0.15, -0.1) is 0 Å². The van der Waals surface area contributed by atoms with E-state index >= 15 is 0 Å². The summed E-state index contributed by atoms with van der Waals surface area (Å²) in [7, 11) is 0. The topological polar surface area (TPSA) is 63.3 Å². The number of nitrogens with two attached hydrogens (primary N) is 1. The smallest absolute Gasteiger partial charge is 0.321 e. The Bertz CT molecular complexity index is 238. The third kappa shape index (κ3) is 2.58. The van der Waals surface area contributed by atoms with Crippen molar-refractivity contribution in [2.45, 2.75) is 39.2 Å². The van der Waals surface area contributed by atoms with Crippen LogP contribution in [0.5, 0.6) is 0 Å². The predicted octanol–water partition coefficient (Wildman–Crippen LogP) is 1.78. The van der Waals surface area contributed by atoms with Crippen molar-refractivity contribution in [3.8, 4) is 0 Å². The summed E-state index contributed by atoms with van der Waals surface area (Å²) in [6.07, 6.45) is 7.33. The molecule has 14 heavy (non-hydrogen) atoms. The molecule has 0 saturated carbocycles. The van der Waals surface area contributed by atoms with Crippen LogP contribution in [0.3, 0.4) is 0 Å². The van der Waals surface area contributed by atoms with Crippen LogP contribution in [0.15, 0.2) is 12.2 Å². The molecule has 0 radical (unpaired) electrons. The van der Waals surface area contributed by atoms with Gasteiger partial charge in [0.05, 0.1) is 0 Å². The van der Waals surface area contributed by atoms with Crippen molar-refractivity contribution in [3.63, 3.8) is 0 Å². The molecule has 1 aliphatic rings. The minimum Gasteiger partial charge on any atom is -0.480 e. The van der Waals surface area contributed by atoms with Gasteiger partial charge in [-0.25, -0.2) is 0 Å². The fourth-order valence-electron chi connectivity index (χ4n) is 2.05. The van der Waals surface area contributed by atoms with Crippen LogP contribution in [0.2, 0.25) is 0 Å². The van der Waals surface area contributed by atoms with Crippen LogP contribution in [0.4, 0.5) is 0 Å². The van der Waals surface area contributed by atoms with E-state index in [-0.39, 0.29) is 5.41 Å². The van der Waals surface area contributed by atoms with Gasteiger partial charge in [0.2, 0.25) is 0 Å². The van der Waals surface area contributed by atoms with E-state index in [0.29, 0.717) is 5.92 Å². The van der Waals surface area contributed by atoms with Crippen molar-refractivity contribution in [2.75, 3.05) is 0 Å². The van der Waals surface area contributed by atoms with Gasteiger partial charge in [-0.3, -0.25) is 4.79 Å². The fraction of sp³-hybridized carbons (Fsp3) is 0.727. The molecule has 0 aromatic rings. The van der Waals surface area contributed by atoms with E-state index < -0.39 is 12.0 Å². The molecule has 3 nitrogen and oxygen atoms in total. The molecule has 0 heterocycles. The summed E-state index contributed by atoms with van der Waals surface area (Å²) < 4.78 is 0. The molecule has 1 rings (SSSR count). The highest BCUT2D eigenvalue weighted by Crippen LogP contribution is 2.34. The second kappa shape index (κ2) is 4.13. The van der Waals surface area contributed by atoms with E-state index in [1.807, 2.05) is 13.8 Å². The van der Waals surface area contributed by atoms with Crippen LogP contribution < -0.4 is 5.73 Å². The molecule has 0 fully saturated rings. The molecule has 1 unspecified atom stereocenters. The lowest BCUT2D eigenvalue weighted by atomic mass is 9.76. The normalized spacial score (nSPS) is 19.9. The lowest BCUT2D eigenvalue weighted by molar-refractivity contribution is -0.141. The molecule has 1 aliphatic carbocycles. The largest absolute Gasteiger partial charge is 0.480 e. The summed E-state index contributed by atoms with van der Waals surface area (Å²) in [5.41, 5.74) is 5.34. The summed E-state index contributed by atoms with van der Waals surface area (Å²) in [5.74, 6) is -0.323. The number of carboxylic acid groups (broad SMARTS) is 1. The molecule has 3 heteroatoms. The van der Waals surface area contributed by atoms with Crippen LogP contribution in [-0.2, 0) is 4.79 Å². The van der Waals surface area contributed by atoms with E-state index in [0.717, 1.165) is 19.3 Å². The second-order valence-electron chi connectivity index (χ2n) is 4.82. The first-order chi connectivity index (χ1) is 6.43. The third-order valence-corrected chi connectivity index (χ3v) is 3.03.